The Kier molecular flexibility index (Phi) is 8.22. The number of carbonyl (C=O) groups excluding carboxylic acids is 2. The molecule has 0 aliphatic carbocycles. The maximum atomic E-state index is 12.8. The smallest absolute Gasteiger partial charge is 0.290 e. The van der Waals surface area contributed by atoms with Gasteiger partial charge in [0.25, 0.3) is 18.3 Å². The number of hydrogen-bond acceptors (Lipinski definition) is 7. The second kappa shape index (κ2) is 12.1. The summed E-state index contributed by atoms with van der Waals surface area (Å²) in [4.78, 5) is 42.7. The van der Waals surface area contributed by atoms with E-state index in [9.17, 15) is 9.59 Å². The summed E-state index contributed by atoms with van der Waals surface area (Å²) in [5.74, 6) is 1.17. The number of benzene rings is 3. The van der Waals surface area contributed by atoms with Crippen LogP contribution in [0.15, 0.2) is 82.8 Å². The van der Waals surface area contributed by atoms with Gasteiger partial charge in [-0.3, -0.25) is 24.4 Å². The van der Waals surface area contributed by atoms with Gasteiger partial charge < -0.3 is 26.4 Å². The number of aliphatic imine (C=N–C) groups is 2. The van der Waals surface area contributed by atoms with Gasteiger partial charge in [-0.05, 0) is 66.7 Å². The van der Waals surface area contributed by atoms with Gasteiger partial charge in [-0.1, -0.05) is 6.07 Å². The summed E-state index contributed by atoms with van der Waals surface area (Å²) in [6.45, 7) is 2.99. The fourth-order valence-corrected chi connectivity index (χ4v) is 3.81. The van der Waals surface area contributed by atoms with E-state index < -0.39 is 0 Å². The Morgan fingerprint density at radius 3 is 1.49 bits per heavy atom. The van der Waals surface area contributed by atoms with Crippen LogP contribution >= 0.6 is 0 Å². The van der Waals surface area contributed by atoms with Crippen molar-refractivity contribution in [3.8, 4) is 0 Å². The molecule has 2 heterocycles. The lowest BCUT2D eigenvalue weighted by Gasteiger charge is -2.09. The first-order valence-electron chi connectivity index (χ1n) is 11.7. The highest BCUT2D eigenvalue weighted by molar-refractivity contribution is 6.09. The van der Waals surface area contributed by atoms with Crippen molar-refractivity contribution in [1.29, 1.82) is 0 Å². The molecule has 3 aromatic carbocycles. The van der Waals surface area contributed by atoms with Crippen molar-refractivity contribution in [2.24, 2.45) is 9.98 Å². The lowest BCUT2D eigenvalue weighted by molar-refractivity contribution is -0.122. The monoisotopic (exact) mass is 498 g/mol. The van der Waals surface area contributed by atoms with Gasteiger partial charge in [-0.2, -0.15) is 0 Å². The van der Waals surface area contributed by atoms with Crippen LogP contribution in [0, 0.1) is 0 Å². The van der Waals surface area contributed by atoms with Crippen LogP contribution < -0.4 is 21.3 Å². The van der Waals surface area contributed by atoms with Crippen molar-refractivity contribution in [1.82, 2.24) is 10.6 Å². The van der Waals surface area contributed by atoms with E-state index in [2.05, 4.69) is 31.3 Å². The molecule has 0 saturated heterocycles. The number of nitrogens with one attached hydrogen (secondary N) is 4. The zero-order valence-corrected chi connectivity index (χ0v) is 19.9. The Balaban J connectivity index is 0.00000102. The highest BCUT2D eigenvalue weighted by Crippen LogP contribution is 2.16. The van der Waals surface area contributed by atoms with E-state index >= 15 is 0 Å². The molecule has 5 N–H and O–H groups in total. The largest absolute Gasteiger partial charge is 0.483 e. The number of anilines is 2. The van der Waals surface area contributed by atoms with Crippen molar-refractivity contribution in [3.05, 3.63) is 95.1 Å². The predicted octanol–water partition coefficient (Wildman–Crippen LogP) is 2.59. The summed E-state index contributed by atoms with van der Waals surface area (Å²) in [7, 11) is 0. The average molecular weight is 499 g/mol. The fraction of sp³-hybridized carbons (Fsp3) is 0.148. The molecule has 188 valence electrons. The molecule has 10 heteroatoms. The molecule has 0 spiro atoms. The third kappa shape index (κ3) is 6.57. The van der Waals surface area contributed by atoms with Gasteiger partial charge in [0.05, 0.1) is 13.1 Å². The second-order valence-corrected chi connectivity index (χ2v) is 8.06. The SMILES string of the molecule is O=C(Nc1ccc(C2=NCCN2)cc1)c1cccc(C(=O)Nc2ccc(C3=NCCN3)cc2)c1.O=CO. The van der Waals surface area contributed by atoms with Crippen molar-refractivity contribution < 1.29 is 19.5 Å². The molecule has 3 aromatic rings. The molecule has 5 rings (SSSR count). The summed E-state index contributed by atoms with van der Waals surface area (Å²) in [5.41, 5.74) is 4.11. The molecule has 0 bridgehead atoms. The maximum absolute atomic E-state index is 12.8. The van der Waals surface area contributed by atoms with Crippen LogP contribution in [0.1, 0.15) is 31.8 Å². The van der Waals surface area contributed by atoms with Crippen LogP contribution in [-0.4, -0.2) is 61.2 Å². The molecule has 0 saturated carbocycles. The second-order valence-electron chi connectivity index (χ2n) is 8.06. The Bertz CT molecular complexity index is 1240. The predicted molar refractivity (Wildman–Crippen MR) is 143 cm³/mol. The molecule has 10 nitrogen and oxygen atoms in total. The topological polar surface area (TPSA) is 144 Å². The molecule has 0 fully saturated rings. The highest BCUT2D eigenvalue weighted by atomic mass is 16.3. The molecule has 2 aliphatic rings. The quantitative estimate of drug-likeness (QED) is 0.331. The van der Waals surface area contributed by atoms with Crippen LogP contribution in [0.25, 0.3) is 0 Å². The molecule has 0 unspecified atom stereocenters. The highest BCUT2D eigenvalue weighted by Gasteiger charge is 2.13. The van der Waals surface area contributed by atoms with Crippen molar-refractivity contribution >= 4 is 41.3 Å². The Labute approximate surface area is 213 Å². The van der Waals surface area contributed by atoms with E-state index in [1.54, 1.807) is 24.3 Å². The van der Waals surface area contributed by atoms with E-state index in [0.717, 1.165) is 49.0 Å². The standard InChI is InChI=1S/C26H24N6O2.CH2O2/c33-25(31-21-8-4-17(5-9-21)23-27-12-13-28-23)19-2-1-3-20(16-19)26(34)32-22-10-6-18(7-11-22)24-29-14-15-30-24;2-1-3/h1-11,16H,12-15H2,(H,27,28)(H,29,30)(H,31,33)(H,32,34);1H,(H,2,3). The van der Waals surface area contributed by atoms with Crippen molar-refractivity contribution in [2.45, 2.75) is 0 Å². The average Bonchev–Trinajstić information content (AvgIpc) is 3.65. The van der Waals surface area contributed by atoms with Gasteiger partial charge in [0.15, 0.2) is 0 Å². The number of hydrogen-bond donors (Lipinski definition) is 5. The molecule has 2 aliphatic heterocycles. The first-order valence-corrected chi connectivity index (χ1v) is 11.7. The Morgan fingerprint density at radius 2 is 1.14 bits per heavy atom. The Morgan fingerprint density at radius 1 is 0.730 bits per heavy atom. The minimum atomic E-state index is -0.284. The van der Waals surface area contributed by atoms with Gasteiger partial charge in [0, 0.05) is 46.7 Å². The number of carbonyl (C=O) groups is 3. The molecule has 0 radical (unpaired) electrons. The van der Waals surface area contributed by atoms with E-state index in [0.29, 0.717) is 22.5 Å². The van der Waals surface area contributed by atoms with Crippen LogP contribution in [-0.2, 0) is 4.79 Å². The third-order valence-corrected chi connectivity index (χ3v) is 5.57. The number of carboxylic acid groups (broad SMARTS) is 1. The Hall–Kier alpha value is -4.99. The van der Waals surface area contributed by atoms with Crippen molar-refractivity contribution in [2.75, 3.05) is 36.8 Å². The van der Waals surface area contributed by atoms with Gasteiger partial charge in [-0.25, -0.2) is 0 Å². The lowest BCUT2D eigenvalue weighted by Crippen LogP contribution is -2.19. The summed E-state index contributed by atoms with van der Waals surface area (Å²) in [6, 6.07) is 21.6. The summed E-state index contributed by atoms with van der Waals surface area (Å²) < 4.78 is 0. The maximum Gasteiger partial charge on any atom is 0.290 e. The number of amidine groups is 2. The summed E-state index contributed by atoms with van der Waals surface area (Å²) in [5, 5.41) is 19.1. The minimum absolute atomic E-state index is 0.250. The van der Waals surface area contributed by atoms with Crippen LogP contribution in [0.4, 0.5) is 11.4 Å². The summed E-state index contributed by atoms with van der Waals surface area (Å²) >= 11 is 0. The number of amides is 2. The number of nitrogens with zero attached hydrogens (tertiary/aromatic N) is 2. The van der Waals surface area contributed by atoms with Gasteiger partial charge in [0.2, 0.25) is 0 Å². The normalized spacial score (nSPS) is 13.6. The first-order chi connectivity index (χ1) is 18.1. The van der Waals surface area contributed by atoms with Gasteiger partial charge in [0.1, 0.15) is 11.7 Å². The third-order valence-electron chi connectivity index (χ3n) is 5.57. The van der Waals surface area contributed by atoms with Crippen LogP contribution in [0.2, 0.25) is 0 Å². The lowest BCUT2D eigenvalue weighted by atomic mass is 10.1. The van der Waals surface area contributed by atoms with E-state index in [1.807, 2.05) is 48.5 Å². The van der Waals surface area contributed by atoms with Crippen molar-refractivity contribution in [3.63, 3.8) is 0 Å². The fourth-order valence-electron chi connectivity index (χ4n) is 3.81. The minimum Gasteiger partial charge on any atom is -0.483 e. The molecular weight excluding hydrogens is 472 g/mol. The van der Waals surface area contributed by atoms with E-state index in [-0.39, 0.29) is 18.3 Å². The molecule has 37 heavy (non-hydrogen) atoms. The zero-order chi connectivity index (χ0) is 26.0. The van der Waals surface area contributed by atoms with E-state index in [4.69, 9.17) is 9.90 Å². The van der Waals surface area contributed by atoms with Crippen LogP contribution in [0.5, 0.6) is 0 Å². The zero-order valence-electron chi connectivity index (χ0n) is 19.9. The molecular formula is C27H26N6O4. The van der Waals surface area contributed by atoms with Gasteiger partial charge in [-0.15, -0.1) is 0 Å². The molecule has 0 aromatic heterocycles. The summed E-state index contributed by atoms with van der Waals surface area (Å²) in [6.07, 6.45) is 0. The first kappa shape index (κ1) is 25.1. The van der Waals surface area contributed by atoms with Crippen LogP contribution in [0.3, 0.4) is 0 Å². The van der Waals surface area contributed by atoms with E-state index in [1.165, 1.54) is 0 Å². The molecule has 2 amide bonds. The van der Waals surface area contributed by atoms with Gasteiger partial charge >= 0.3 is 0 Å². The molecule has 0 atom stereocenters. The number of rotatable bonds is 6.